The zero-order valence-corrected chi connectivity index (χ0v) is 15.5. The van der Waals surface area contributed by atoms with Crippen molar-refractivity contribution < 1.29 is 9.53 Å². The van der Waals surface area contributed by atoms with Crippen molar-refractivity contribution in [2.75, 3.05) is 5.32 Å². The number of rotatable bonds is 6. The molecule has 1 aromatic heterocycles. The molecule has 0 aliphatic rings. The molecule has 0 aliphatic heterocycles. The lowest BCUT2D eigenvalue weighted by molar-refractivity contribution is -0.122. The average Bonchev–Trinajstić information content (AvgIpc) is 2.67. The van der Waals surface area contributed by atoms with Gasteiger partial charge in [-0.1, -0.05) is 29.8 Å². The van der Waals surface area contributed by atoms with Gasteiger partial charge in [0.05, 0.1) is 6.54 Å². The first-order chi connectivity index (χ1) is 13.0. The smallest absolute Gasteiger partial charge is 0.265 e. The monoisotopic (exact) mass is 382 g/mol. The largest absolute Gasteiger partial charge is 0.481 e. The van der Waals surface area contributed by atoms with Crippen LogP contribution in [-0.2, 0) is 11.3 Å². The molecular weight excluding hydrogens is 364 g/mol. The number of benzene rings is 2. The molecule has 0 saturated carbocycles. The van der Waals surface area contributed by atoms with Crippen molar-refractivity contribution in [3.63, 3.8) is 0 Å². The van der Waals surface area contributed by atoms with Crippen molar-refractivity contribution >= 4 is 23.2 Å². The fourth-order valence-electron chi connectivity index (χ4n) is 2.50. The first-order valence-corrected chi connectivity index (χ1v) is 8.86. The van der Waals surface area contributed by atoms with Crippen molar-refractivity contribution in [2.24, 2.45) is 0 Å². The van der Waals surface area contributed by atoms with E-state index >= 15 is 0 Å². The molecule has 0 aliphatic carbocycles. The van der Waals surface area contributed by atoms with Crippen LogP contribution in [0.3, 0.4) is 0 Å². The summed E-state index contributed by atoms with van der Waals surface area (Å²) in [5.74, 6) is 0.322. The fraction of sp³-hybridized carbons (Fsp3) is 0.143. The van der Waals surface area contributed by atoms with Crippen molar-refractivity contribution in [3.8, 4) is 5.75 Å². The standard InChI is InChI=1S/C21H19ClN2O3/c1-15(27-19-11-7-17(22)8-12-19)21(26)23-18-9-5-16(6-10-18)14-24-13-3-2-4-20(24)25/h2-13,15H,14H2,1H3,(H,23,26). The van der Waals surface area contributed by atoms with E-state index in [1.54, 1.807) is 60.2 Å². The highest BCUT2D eigenvalue weighted by Crippen LogP contribution is 2.17. The molecule has 3 aromatic rings. The summed E-state index contributed by atoms with van der Waals surface area (Å²) in [5, 5.41) is 3.43. The third-order valence-electron chi connectivity index (χ3n) is 3.97. The molecule has 0 saturated heterocycles. The lowest BCUT2D eigenvalue weighted by Gasteiger charge is -2.15. The first-order valence-electron chi connectivity index (χ1n) is 8.49. The van der Waals surface area contributed by atoms with Crippen LogP contribution in [0.1, 0.15) is 12.5 Å². The van der Waals surface area contributed by atoms with E-state index < -0.39 is 6.10 Å². The molecule has 5 nitrogen and oxygen atoms in total. The van der Waals surface area contributed by atoms with Crippen LogP contribution in [0.15, 0.2) is 77.7 Å². The Kier molecular flexibility index (Phi) is 5.94. The Hall–Kier alpha value is -3.05. The Balaban J connectivity index is 1.58. The quantitative estimate of drug-likeness (QED) is 0.702. The second-order valence-corrected chi connectivity index (χ2v) is 6.50. The van der Waals surface area contributed by atoms with Gasteiger partial charge in [-0.05, 0) is 55.0 Å². The van der Waals surface area contributed by atoms with Crippen molar-refractivity contribution in [1.29, 1.82) is 0 Å². The number of hydrogen-bond acceptors (Lipinski definition) is 3. The number of hydrogen-bond donors (Lipinski definition) is 1. The van der Waals surface area contributed by atoms with E-state index in [-0.39, 0.29) is 11.5 Å². The second kappa shape index (κ2) is 8.56. The number of pyridine rings is 1. The topological polar surface area (TPSA) is 60.3 Å². The van der Waals surface area contributed by atoms with Crippen LogP contribution in [-0.4, -0.2) is 16.6 Å². The Morgan fingerprint density at radius 3 is 2.44 bits per heavy atom. The minimum Gasteiger partial charge on any atom is -0.481 e. The minimum atomic E-state index is -0.659. The predicted octanol–water partition coefficient (Wildman–Crippen LogP) is 3.96. The van der Waals surface area contributed by atoms with Gasteiger partial charge in [-0.25, -0.2) is 0 Å². The summed E-state index contributed by atoms with van der Waals surface area (Å²) >= 11 is 5.84. The highest BCUT2D eigenvalue weighted by Gasteiger charge is 2.15. The number of anilines is 1. The lowest BCUT2D eigenvalue weighted by atomic mass is 10.2. The van der Waals surface area contributed by atoms with Gasteiger partial charge in [-0.3, -0.25) is 9.59 Å². The van der Waals surface area contributed by atoms with E-state index in [0.29, 0.717) is 23.0 Å². The first kappa shape index (κ1) is 18.7. The summed E-state index contributed by atoms with van der Waals surface area (Å²) in [6.07, 6.45) is 1.09. The normalized spacial score (nSPS) is 11.6. The minimum absolute atomic E-state index is 0.0527. The number of carbonyl (C=O) groups is 1. The second-order valence-electron chi connectivity index (χ2n) is 6.07. The zero-order valence-electron chi connectivity index (χ0n) is 14.8. The van der Waals surface area contributed by atoms with E-state index in [4.69, 9.17) is 16.3 Å². The van der Waals surface area contributed by atoms with Gasteiger partial charge < -0.3 is 14.6 Å². The van der Waals surface area contributed by atoms with E-state index in [1.807, 2.05) is 18.2 Å². The number of halogens is 1. The van der Waals surface area contributed by atoms with Gasteiger partial charge >= 0.3 is 0 Å². The molecule has 138 valence electrons. The van der Waals surface area contributed by atoms with Crippen LogP contribution in [0.2, 0.25) is 5.02 Å². The molecular formula is C21H19ClN2O3. The van der Waals surface area contributed by atoms with Crippen LogP contribution in [0.5, 0.6) is 5.75 Å². The third-order valence-corrected chi connectivity index (χ3v) is 4.22. The van der Waals surface area contributed by atoms with Gasteiger partial charge in [0.25, 0.3) is 11.5 Å². The number of nitrogens with zero attached hydrogens (tertiary/aromatic N) is 1. The zero-order chi connectivity index (χ0) is 19.2. The Bertz CT molecular complexity index is 966. The Morgan fingerprint density at radius 2 is 1.78 bits per heavy atom. The van der Waals surface area contributed by atoms with Crippen LogP contribution in [0.4, 0.5) is 5.69 Å². The summed E-state index contributed by atoms with van der Waals surface area (Å²) in [6, 6.07) is 19.3. The molecule has 2 aromatic carbocycles. The van der Waals surface area contributed by atoms with Gasteiger partial charge in [0.1, 0.15) is 5.75 Å². The summed E-state index contributed by atoms with van der Waals surface area (Å²) in [6.45, 7) is 2.16. The molecule has 3 rings (SSSR count). The maximum Gasteiger partial charge on any atom is 0.265 e. The molecule has 1 amide bonds. The number of ether oxygens (including phenoxy) is 1. The summed E-state index contributed by atoms with van der Waals surface area (Å²) in [4.78, 5) is 24.1. The predicted molar refractivity (Wildman–Crippen MR) is 106 cm³/mol. The van der Waals surface area contributed by atoms with Crippen molar-refractivity contribution in [1.82, 2.24) is 4.57 Å². The van der Waals surface area contributed by atoms with Gasteiger partial charge in [-0.2, -0.15) is 0 Å². The third kappa shape index (κ3) is 5.21. The van der Waals surface area contributed by atoms with Crippen molar-refractivity contribution in [3.05, 3.63) is 93.9 Å². The molecule has 1 unspecified atom stereocenters. The number of carbonyl (C=O) groups excluding carboxylic acids is 1. The Morgan fingerprint density at radius 1 is 1.07 bits per heavy atom. The molecule has 0 bridgehead atoms. The Labute approximate surface area is 162 Å². The van der Waals surface area contributed by atoms with Gasteiger partial charge in [0.15, 0.2) is 6.10 Å². The lowest BCUT2D eigenvalue weighted by Crippen LogP contribution is -2.30. The van der Waals surface area contributed by atoms with Gasteiger partial charge in [0, 0.05) is 23.0 Å². The van der Waals surface area contributed by atoms with Crippen LogP contribution < -0.4 is 15.6 Å². The average molecular weight is 383 g/mol. The van der Waals surface area contributed by atoms with E-state index in [1.165, 1.54) is 6.07 Å². The van der Waals surface area contributed by atoms with E-state index in [9.17, 15) is 9.59 Å². The van der Waals surface area contributed by atoms with E-state index in [2.05, 4.69) is 5.32 Å². The van der Waals surface area contributed by atoms with Crippen molar-refractivity contribution in [2.45, 2.75) is 19.6 Å². The van der Waals surface area contributed by atoms with E-state index in [0.717, 1.165) is 5.56 Å². The number of amides is 1. The number of nitrogens with one attached hydrogen (secondary N) is 1. The molecule has 27 heavy (non-hydrogen) atoms. The van der Waals surface area contributed by atoms with Crippen LogP contribution >= 0.6 is 11.6 Å². The number of aromatic nitrogens is 1. The molecule has 1 atom stereocenters. The van der Waals surface area contributed by atoms with Crippen LogP contribution in [0, 0.1) is 0 Å². The summed E-state index contributed by atoms with van der Waals surface area (Å²) < 4.78 is 7.23. The molecule has 1 N–H and O–H groups in total. The molecule has 0 radical (unpaired) electrons. The SMILES string of the molecule is CC(Oc1ccc(Cl)cc1)C(=O)Nc1ccc(Cn2ccccc2=O)cc1. The maximum atomic E-state index is 12.3. The molecule has 6 heteroatoms. The van der Waals surface area contributed by atoms with Crippen LogP contribution in [0.25, 0.3) is 0 Å². The van der Waals surface area contributed by atoms with Gasteiger partial charge in [0.2, 0.25) is 0 Å². The van der Waals surface area contributed by atoms with Gasteiger partial charge in [-0.15, -0.1) is 0 Å². The molecule has 1 heterocycles. The highest BCUT2D eigenvalue weighted by atomic mass is 35.5. The summed E-state index contributed by atoms with van der Waals surface area (Å²) in [5.41, 5.74) is 1.57. The molecule has 0 fully saturated rings. The highest BCUT2D eigenvalue weighted by molar-refractivity contribution is 6.30. The summed E-state index contributed by atoms with van der Waals surface area (Å²) in [7, 11) is 0. The fourth-order valence-corrected chi connectivity index (χ4v) is 2.62. The molecule has 0 spiro atoms. The maximum absolute atomic E-state index is 12.3.